The lowest BCUT2D eigenvalue weighted by Gasteiger charge is -2.39. The van der Waals surface area contributed by atoms with Crippen LogP contribution in [0.5, 0.6) is 0 Å². The van der Waals surface area contributed by atoms with Crippen molar-refractivity contribution in [3.63, 3.8) is 0 Å². The zero-order valence-corrected chi connectivity index (χ0v) is 23.5. The van der Waals surface area contributed by atoms with Gasteiger partial charge in [-0.05, 0) is 73.4 Å². The second kappa shape index (κ2) is 14.2. The molecule has 0 spiro atoms. The first-order valence-corrected chi connectivity index (χ1v) is 14.5. The molecule has 38 heavy (non-hydrogen) atoms. The van der Waals surface area contributed by atoms with Gasteiger partial charge in [-0.1, -0.05) is 70.0 Å². The topological polar surface area (TPSA) is 49.3 Å². The molecule has 202 valence electrons. The van der Waals surface area contributed by atoms with Gasteiger partial charge in [-0.15, -0.1) is 0 Å². The van der Waals surface area contributed by atoms with E-state index in [4.69, 9.17) is 0 Å². The van der Waals surface area contributed by atoms with Gasteiger partial charge in [0.25, 0.3) is 5.91 Å². The first kappa shape index (κ1) is 28.0. The number of carbonyl (C=O) groups is 1. The average Bonchev–Trinajstić information content (AvgIpc) is 2.96. The minimum atomic E-state index is 0.145. The van der Waals surface area contributed by atoms with Crippen LogP contribution in [-0.2, 0) is 13.0 Å². The Bertz CT molecular complexity index is 1100. The number of rotatable bonds is 12. The van der Waals surface area contributed by atoms with Crippen LogP contribution in [0.2, 0.25) is 0 Å². The molecule has 5 nitrogen and oxygen atoms in total. The number of unbranched alkanes of at least 4 members (excludes halogenated alkanes) is 2. The van der Waals surface area contributed by atoms with E-state index < -0.39 is 0 Å². The van der Waals surface area contributed by atoms with Crippen LogP contribution < -0.4 is 0 Å². The van der Waals surface area contributed by atoms with Crippen molar-refractivity contribution in [2.45, 2.75) is 78.3 Å². The van der Waals surface area contributed by atoms with Gasteiger partial charge in [-0.3, -0.25) is 4.79 Å². The van der Waals surface area contributed by atoms with Gasteiger partial charge < -0.3 is 9.80 Å². The summed E-state index contributed by atoms with van der Waals surface area (Å²) in [7, 11) is 0. The van der Waals surface area contributed by atoms with E-state index in [0.717, 1.165) is 67.1 Å². The van der Waals surface area contributed by atoms with Gasteiger partial charge in [0, 0.05) is 49.2 Å². The van der Waals surface area contributed by atoms with E-state index in [2.05, 4.69) is 76.9 Å². The maximum atomic E-state index is 13.9. The summed E-state index contributed by atoms with van der Waals surface area (Å²) in [6, 6.07) is 17.1. The largest absolute Gasteiger partial charge is 0.331 e. The molecule has 0 aliphatic carbocycles. The lowest BCUT2D eigenvalue weighted by atomic mass is 9.99. The standard InChI is InChI=1S/C33H44N4O/c1-4-5-6-7-27-8-14-30(15-9-27)33(38)37(32-17-20-36(21-18-32)19-16-26(2)3)24-28-10-12-29(13-11-28)31-22-34-25-35-23-31/h8-15,22-23,25-26,32H,4-7,16-21,24H2,1-3H3. The minimum absolute atomic E-state index is 0.145. The third kappa shape index (κ3) is 7.97. The maximum Gasteiger partial charge on any atom is 0.254 e. The van der Waals surface area contributed by atoms with E-state index in [1.54, 1.807) is 6.33 Å². The van der Waals surface area contributed by atoms with Gasteiger partial charge in [-0.25, -0.2) is 9.97 Å². The number of aromatic nitrogens is 2. The number of nitrogens with zero attached hydrogens (tertiary/aromatic N) is 4. The van der Waals surface area contributed by atoms with Crippen LogP contribution in [0.15, 0.2) is 67.3 Å². The number of hydrogen-bond acceptors (Lipinski definition) is 4. The highest BCUT2D eigenvalue weighted by atomic mass is 16.2. The van der Waals surface area contributed by atoms with E-state index in [1.807, 2.05) is 24.5 Å². The molecule has 0 N–H and O–H groups in total. The first-order valence-electron chi connectivity index (χ1n) is 14.5. The Morgan fingerprint density at radius 1 is 0.921 bits per heavy atom. The number of aryl methyl sites for hydroxylation is 1. The summed E-state index contributed by atoms with van der Waals surface area (Å²) in [5, 5.41) is 0. The van der Waals surface area contributed by atoms with Gasteiger partial charge in [0.05, 0.1) is 0 Å². The summed E-state index contributed by atoms with van der Waals surface area (Å²) in [5.74, 6) is 0.868. The fourth-order valence-corrected chi connectivity index (χ4v) is 5.27. The summed E-state index contributed by atoms with van der Waals surface area (Å²) >= 11 is 0. The van der Waals surface area contributed by atoms with Crippen molar-refractivity contribution in [1.29, 1.82) is 0 Å². The molecule has 1 amide bonds. The van der Waals surface area contributed by atoms with Gasteiger partial charge in [-0.2, -0.15) is 0 Å². The highest BCUT2D eigenvalue weighted by Gasteiger charge is 2.29. The molecule has 0 saturated carbocycles. The molecule has 1 fully saturated rings. The van der Waals surface area contributed by atoms with Gasteiger partial charge >= 0.3 is 0 Å². The van der Waals surface area contributed by atoms with Crippen molar-refractivity contribution >= 4 is 5.91 Å². The maximum absolute atomic E-state index is 13.9. The summed E-state index contributed by atoms with van der Waals surface area (Å²) in [4.78, 5) is 26.9. The van der Waals surface area contributed by atoms with Crippen molar-refractivity contribution in [1.82, 2.24) is 19.8 Å². The zero-order valence-electron chi connectivity index (χ0n) is 23.5. The lowest BCUT2D eigenvalue weighted by Crippen LogP contribution is -2.47. The van der Waals surface area contributed by atoms with Crippen LogP contribution in [0, 0.1) is 5.92 Å². The molecule has 0 unspecified atom stereocenters. The van der Waals surface area contributed by atoms with Crippen molar-refractivity contribution in [2.75, 3.05) is 19.6 Å². The average molecular weight is 513 g/mol. The van der Waals surface area contributed by atoms with Crippen molar-refractivity contribution < 1.29 is 4.79 Å². The number of amides is 1. The molecule has 1 aromatic heterocycles. The monoisotopic (exact) mass is 512 g/mol. The molecule has 3 aromatic rings. The van der Waals surface area contributed by atoms with Crippen molar-refractivity contribution in [3.8, 4) is 11.1 Å². The molecule has 1 aliphatic heterocycles. The SMILES string of the molecule is CCCCCc1ccc(C(=O)N(Cc2ccc(-c3cncnc3)cc2)C2CCN(CCC(C)C)CC2)cc1. The molecule has 1 saturated heterocycles. The number of hydrogen-bond donors (Lipinski definition) is 0. The highest BCUT2D eigenvalue weighted by Crippen LogP contribution is 2.24. The summed E-state index contributed by atoms with van der Waals surface area (Å²) < 4.78 is 0. The zero-order chi connectivity index (χ0) is 26.7. The molecule has 2 aromatic carbocycles. The third-order valence-electron chi connectivity index (χ3n) is 7.75. The van der Waals surface area contributed by atoms with Crippen LogP contribution >= 0.6 is 0 Å². The van der Waals surface area contributed by atoms with Gasteiger partial charge in [0.1, 0.15) is 6.33 Å². The molecule has 0 atom stereocenters. The molecule has 0 bridgehead atoms. The summed E-state index contributed by atoms with van der Waals surface area (Å²) in [6.45, 7) is 10.7. The molecule has 4 rings (SSSR count). The molecule has 1 aliphatic rings. The van der Waals surface area contributed by atoms with E-state index in [9.17, 15) is 4.79 Å². The predicted molar refractivity (Wildman–Crippen MR) is 156 cm³/mol. The lowest BCUT2D eigenvalue weighted by molar-refractivity contribution is 0.0546. The Kier molecular flexibility index (Phi) is 10.5. The number of likely N-dealkylation sites (tertiary alicyclic amines) is 1. The van der Waals surface area contributed by atoms with Gasteiger partial charge in [0.15, 0.2) is 0 Å². The number of piperidine rings is 1. The normalized spacial score (nSPS) is 14.6. The quantitative estimate of drug-likeness (QED) is 0.245. The van der Waals surface area contributed by atoms with Gasteiger partial charge in [0.2, 0.25) is 0 Å². The second-order valence-corrected chi connectivity index (χ2v) is 11.2. The molecular formula is C33H44N4O. The van der Waals surface area contributed by atoms with Crippen LogP contribution in [-0.4, -0.2) is 51.4 Å². The van der Waals surface area contributed by atoms with E-state index in [0.29, 0.717) is 6.54 Å². The molecule has 0 radical (unpaired) electrons. The van der Waals surface area contributed by atoms with Crippen LogP contribution in [0.4, 0.5) is 0 Å². The van der Waals surface area contributed by atoms with E-state index in [-0.39, 0.29) is 11.9 Å². The summed E-state index contributed by atoms with van der Waals surface area (Å²) in [5.41, 5.74) is 5.35. The number of carbonyl (C=O) groups excluding carboxylic acids is 1. The second-order valence-electron chi connectivity index (χ2n) is 11.2. The summed E-state index contributed by atoms with van der Waals surface area (Å²) in [6.07, 6.45) is 13.3. The van der Waals surface area contributed by atoms with Crippen molar-refractivity contribution in [3.05, 3.63) is 83.9 Å². The Balaban J connectivity index is 1.48. The first-order chi connectivity index (χ1) is 18.5. The Hall–Kier alpha value is -3.05. The smallest absolute Gasteiger partial charge is 0.254 e. The minimum Gasteiger partial charge on any atom is -0.331 e. The molecule has 5 heteroatoms. The Morgan fingerprint density at radius 2 is 1.58 bits per heavy atom. The Morgan fingerprint density at radius 3 is 2.21 bits per heavy atom. The molecule has 2 heterocycles. The van der Waals surface area contributed by atoms with E-state index >= 15 is 0 Å². The van der Waals surface area contributed by atoms with E-state index in [1.165, 1.54) is 31.2 Å². The van der Waals surface area contributed by atoms with Crippen LogP contribution in [0.1, 0.15) is 80.8 Å². The molecular weight excluding hydrogens is 468 g/mol. The third-order valence-corrected chi connectivity index (χ3v) is 7.75. The van der Waals surface area contributed by atoms with Crippen LogP contribution in [0.25, 0.3) is 11.1 Å². The highest BCUT2D eigenvalue weighted by molar-refractivity contribution is 5.94. The Labute approximate surface area is 229 Å². The van der Waals surface area contributed by atoms with Crippen LogP contribution in [0.3, 0.4) is 0 Å². The fourth-order valence-electron chi connectivity index (χ4n) is 5.27. The van der Waals surface area contributed by atoms with Crippen molar-refractivity contribution in [2.24, 2.45) is 5.92 Å². The fraction of sp³-hybridized carbons (Fsp3) is 0.485. The number of benzene rings is 2. The predicted octanol–water partition coefficient (Wildman–Crippen LogP) is 7.03.